The van der Waals surface area contributed by atoms with Crippen LogP contribution in [-0.4, -0.2) is 29.1 Å². The van der Waals surface area contributed by atoms with Gasteiger partial charge in [-0.15, -0.1) is 0 Å². The zero-order valence-corrected chi connectivity index (χ0v) is 14.6. The number of rotatable bonds is 8. The fourth-order valence-corrected chi connectivity index (χ4v) is 3.64. The van der Waals surface area contributed by atoms with Crippen LogP contribution in [-0.2, 0) is 4.79 Å². The van der Waals surface area contributed by atoms with Gasteiger partial charge < -0.3 is 4.90 Å². The van der Waals surface area contributed by atoms with Crippen LogP contribution in [0.15, 0.2) is 0 Å². The number of carbonyl (C=O) groups excluding carboxylic acids is 1. The number of hydrogen-bond donors (Lipinski definition) is 1. The topological polar surface area (TPSA) is 32.3 Å². The summed E-state index contributed by atoms with van der Waals surface area (Å²) in [6.45, 7) is 11.2. The molecule has 3 unspecified atom stereocenters. The lowest BCUT2D eigenvalue weighted by atomic mass is 10.0. The quantitative estimate of drug-likeness (QED) is 0.739. The molecule has 0 aromatic carbocycles. The first-order chi connectivity index (χ1) is 9.92. The molecule has 1 heterocycles. The molecule has 0 aromatic heterocycles. The van der Waals surface area contributed by atoms with Crippen molar-refractivity contribution in [1.29, 1.82) is 0 Å². The molecule has 1 saturated carbocycles. The Morgan fingerprint density at radius 2 is 1.71 bits per heavy atom. The number of carbonyl (C=O) groups is 1. The van der Waals surface area contributed by atoms with Gasteiger partial charge in [-0.3, -0.25) is 10.1 Å². The van der Waals surface area contributed by atoms with E-state index < -0.39 is 0 Å². The maximum Gasteiger partial charge on any atom is 0.241 e. The van der Waals surface area contributed by atoms with Crippen molar-refractivity contribution in [3.05, 3.63) is 0 Å². The summed E-state index contributed by atoms with van der Waals surface area (Å²) in [5.74, 6) is 2.43. The van der Waals surface area contributed by atoms with Gasteiger partial charge in [0.15, 0.2) is 0 Å². The molecule has 3 nitrogen and oxygen atoms in total. The van der Waals surface area contributed by atoms with Crippen molar-refractivity contribution in [3.8, 4) is 0 Å². The standard InChI is InChI=1S/C18H34N2O/c1-6-15(11-14-7-8-14)20-17(10-13(4)5)19-16(18(20)21)9-12(2)3/h12-17,19H,6-11H2,1-5H3. The lowest BCUT2D eigenvalue weighted by Gasteiger charge is -2.33. The molecule has 1 N–H and O–H groups in total. The van der Waals surface area contributed by atoms with E-state index in [9.17, 15) is 4.79 Å². The van der Waals surface area contributed by atoms with E-state index in [1.807, 2.05) is 0 Å². The Labute approximate surface area is 130 Å². The summed E-state index contributed by atoms with van der Waals surface area (Å²) in [7, 11) is 0. The molecule has 1 amide bonds. The van der Waals surface area contributed by atoms with E-state index in [0.717, 1.165) is 25.2 Å². The SMILES string of the molecule is CCC(CC1CC1)N1C(=O)C(CC(C)C)NC1CC(C)C. The highest BCUT2D eigenvalue weighted by Crippen LogP contribution is 2.37. The van der Waals surface area contributed by atoms with Crippen molar-refractivity contribution in [1.82, 2.24) is 10.2 Å². The van der Waals surface area contributed by atoms with E-state index in [0.29, 0.717) is 23.8 Å². The molecule has 2 fully saturated rings. The normalized spacial score (nSPS) is 28.0. The van der Waals surface area contributed by atoms with Crippen LogP contribution in [0.25, 0.3) is 0 Å². The van der Waals surface area contributed by atoms with Crippen LogP contribution in [0, 0.1) is 17.8 Å². The Morgan fingerprint density at radius 3 is 2.19 bits per heavy atom. The number of amides is 1. The lowest BCUT2D eigenvalue weighted by molar-refractivity contribution is -0.133. The lowest BCUT2D eigenvalue weighted by Crippen LogP contribution is -2.45. The van der Waals surface area contributed by atoms with E-state index in [1.165, 1.54) is 19.3 Å². The molecule has 0 bridgehead atoms. The van der Waals surface area contributed by atoms with E-state index in [1.54, 1.807) is 0 Å². The van der Waals surface area contributed by atoms with Crippen molar-refractivity contribution in [2.45, 2.75) is 91.4 Å². The van der Waals surface area contributed by atoms with Gasteiger partial charge in [0.25, 0.3) is 0 Å². The summed E-state index contributed by atoms with van der Waals surface area (Å²) in [4.78, 5) is 15.1. The molecule has 3 atom stereocenters. The van der Waals surface area contributed by atoms with Gasteiger partial charge in [-0.1, -0.05) is 47.5 Å². The second-order valence-corrected chi connectivity index (χ2v) is 7.98. The van der Waals surface area contributed by atoms with Crippen LogP contribution in [0.3, 0.4) is 0 Å². The summed E-state index contributed by atoms with van der Waals surface area (Å²) in [6, 6.07) is 0.486. The Balaban J connectivity index is 2.09. The third-order valence-electron chi connectivity index (χ3n) is 4.85. The van der Waals surface area contributed by atoms with E-state index >= 15 is 0 Å². The maximum absolute atomic E-state index is 12.9. The van der Waals surface area contributed by atoms with Crippen molar-refractivity contribution in [3.63, 3.8) is 0 Å². The minimum absolute atomic E-state index is 0.0435. The second-order valence-electron chi connectivity index (χ2n) is 7.98. The zero-order chi connectivity index (χ0) is 15.6. The van der Waals surface area contributed by atoms with Gasteiger partial charge in [-0.2, -0.15) is 0 Å². The van der Waals surface area contributed by atoms with E-state index in [-0.39, 0.29) is 12.2 Å². The van der Waals surface area contributed by atoms with Gasteiger partial charge in [-0.25, -0.2) is 0 Å². The first kappa shape index (κ1) is 16.8. The molecular formula is C18H34N2O. The highest BCUT2D eigenvalue weighted by molar-refractivity contribution is 5.84. The van der Waals surface area contributed by atoms with E-state index in [2.05, 4.69) is 44.8 Å². The molecule has 2 rings (SSSR count). The van der Waals surface area contributed by atoms with Gasteiger partial charge in [0.05, 0.1) is 12.2 Å². The van der Waals surface area contributed by atoms with Gasteiger partial charge in [0.2, 0.25) is 5.91 Å². The Morgan fingerprint density at radius 1 is 1.10 bits per heavy atom. The Kier molecular flexibility index (Phi) is 5.70. The van der Waals surface area contributed by atoms with Crippen LogP contribution in [0.5, 0.6) is 0 Å². The number of nitrogens with one attached hydrogen (secondary N) is 1. The minimum Gasteiger partial charge on any atom is -0.323 e. The molecule has 1 aliphatic heterocycles. The number of nitrogens with zero attached hydrogens (tertiary/aromatic N) is 1. The van der Waals surface area contributed by atoms with Crippen LogP contribution >= 0.6 is 0 Å². The zero-order valence-electron chi connectivity index (χ0n) is 14.6. The second kappa shape index (κ2) is 7.13. The van der Waals surface area contributed by atoms with Crippen molar-refractivity contribution in [2.75, 3.05) is 0 Å². The smallest absolute Gasteiger partial charge is 0.241 e. The van der Waals surface area contributed by atoms with Gasteiger partial charge in [0, 0.05) is 6.04 Å². The highest BCUT2D eigenvalue weighted by Gasteiger charge is 2.43. The molecule has 21 heavy (non-hydrogen) atoms. The molecule has 0 radical (unpaired) electrons. The maximum atomic E-state index is 12.9. The van der Waals surface area contributed by atoms with Crippen LogP contribution in [0.4, 0.5) is 0 Å². The summed E-state index contributed by atoms with van der Waals surface area (Å²) in [5, 5.41) is 3.64. The fourth-order valence-electron chi connectivity index (χ4n) is 3.64. The monoisotopic (exact) mass is 294 g/mol. The fraction of sp³-hybridized carbons (Fsp3) is 0.944. The molecule has 0 aromatic rings. The predicted octanol–water partition coefficient (Wildman–Crippen LogP) is 3.78. The minimum atomic E-state index is 0.0435. The van der Waals surface area contributed by atoms with Gasteiger partial charge in [-0.05, 0) is 43.4 Å². The van der Waals surface area contributed by atoms with Crippen LogP contribution < -0.4 is 5.32 Å². The summed E-state index contributed by atoms with van der Waals surface area (Å²) < 4.78 is 0. The van der Waals surface area contributed by atoms with Gasteiger partial charge in [0.1, 0.15) is 0 Å². The summed E-state index contributed by atoms with van der Waals surface area (Å²) >= 11 is 0. The van der Waals surface area contributed by atoms with Crippen molar-refractivity contribution in [2.24, 2.45) is 17.8 Å². The average molecular weight is 294 g/mol. The molecule has 122 valence electrons. The predicted molar refractivity (Wildman–Crippen MR) is 87.9 cm³/mol. The van der Waals surface area contributed by atoms with Crippen LogP contribution in [0.1, 0.15) is 73.1 Å². The molecule has 1 aliphatic carbocycles. The molecule has 2 aliphatic rings. The van der Waals surface area contributed by atoms with Crippen LogP contribution in [0.2, 0.25) is 0 Å². The summed E-state index contributed by atoms with van der Waals surface area (Å²) in [5.41, 5.74) is 0. The molecule has 0 spiro atoms. The largest absolute Gasteiger partial charge is 0.323 e. The molecule has 1 saturated heterocycles. The third-order valence-corrected chi connectivity index (χ3v) is 4.85. The van der Waals surface area contributed by atoms with Crippen molar-refractivity contribution < 1.29 is 4.79 Å². The third kappa shape index (κ3) is 4.45. The first-order valence-electron chi connectivity index (χ1n) is 9.00. The van der Waals surface area contributed by atoms with E-state index in [4.69, 9.17) is 0 Å². The average Bonchev–Trinajstić information content (AvgIpc) is 3.14. The Bertz CT molecular complexity index is 349. The highest BCUT2D eigenvalue weighted by atomic mass is 16.2. The van der Waals surface area contributed by atoms with Crippen molar-refractivity contribution >= 4 is 5.91 Å². The summed E-state index contributed by atoms with van der Waals surface area (Å²) in [6.07, 6.45) is 7.34. The first-order valence-corrected chi connectivity index (χ1v) is 9.00. The van der Waals surface area contributed by atoms with Gasteiger partial charge >= 0.3 is 0 Å². The Hall–Kier alpha value is -0.570. The number of hydrogen-bond acceptors (Lipinski definition) is 2. The molecular weight excluding hydrogens is 260 g/mol. The molecule has 3 heteroatoms.